The number of hydrogen-bond donors (Lipinski definition) is 2. The lowest BCUT2D eigenvalue weighted by Gasteiger charge is -2.30. The fraction of sp³-hybridized carbons (Fsp3) is 0.588. The Morgan fingerprint density at radius 2 is 2.17 bits per heavy atom. The molecule has 1 aromatic carbocycles. The SMILES string of the molecule is O=C(NCC1(c2ccc3c(c2)OCO3)CC1)N1CCCC(O)C1. The zero-order chi connectivity index (χ0) is 15.9. The van der Waals surface area contributed by atoms with Crippen LogP contribution in [0.2, 0.25) is 0 Å². The van der Waals surface area contributed by atoms with Gasteiger partial charge < -0.3 is 24.8 Å². The number of aliphatic hydroxyl groups is 1. The molecule has 0 aromatic heterocycles. The number of nitrogens with one attached hydrogen (secondary N) is 1. The highest BCUT2D eigenvalue weighted by atomic mass is 16.7. The maximum absolute atomic E-state index is 12.3. The summed E-state index contributed by atoms with van der Waals surface area (Å²) in [6.45, 7) is 2.06. The molecule has 1 aromatic rings. The van der Waals surface area contributed by atoms with Crippen LogP contribution in [0.25, 0.3) is 0 Å². The van der Waals surface area contributed by atoms with E-state index in [9.17, 15) is 9.90 Å². The average molecular weight is 318 g/mol. The molecule has 1 saturated heterocycles. The van der Waals surface area contributed by atoms with Crippen LogP contribution in [0, 0.1) is 0 Å². The molecule has 0 bridgehead atoms. The summed E-state index contributed by atoms with van der Waals surface area (Å²) in [6.07, 6.45) is 3.39. The number of benzene rings is 1. The van der Waals surface area contributed by atoms with Crippen LogP contribution in [0.5, 0.6) is 11.5 Å². The van der Waals surface area contributed by atoms with Crippen molar-refractivity contribution in [3.8, 4) is 11.5 Å². The molecule has 4 rings (SSSR count). The van der Waals surface area contributed by atoms with Crippen LogP contribution in [-0.4, -0.2) is 48.6 Å². The van der Waals surface area contributed by atoms with Crippen molar-refractivity contribution < 1.29 is 19.4 Å². The Bertz CT molecular complexity index is 615. The van der Waals surface area contributed by atoms with Gasteiger partial charge in [-0.15, -0.1) is 0 Å². The number of carbonyl (C=O) groups is 1. The Hall–Kier alpha value is -1.95. The van der Waals surface area contributed by atoms with E-state index < -0.39 is 6.10 Å². The molecule has 23 heavy (non-hydrogen) atoms. The van der Waals surface area contributed by atoms with E-state index >= 15 is 0 Å². The lowest BCUT2D eigenvalue weighted by Crippen LogP contribution is -2.48. The number of ether oxygens (including phenoxy) is 2. The van der Waals surface area contributed by atoms with E-state index in [1.165, 1.54) is 5.56 Å². The Morgan fingerprint density at radius 3 is 2.96 bits per heavy atom. The molecule has 2 fully saturated rings. The van der Waals surface area contributed by atoms with Crippen molar-refractivity contribution in [3.63, 3.8) is 0 Å². The van der Waals surface area contributed by atoms with E-state index in [-0.39, 0.29) is 18.2 Å². The van der Waals surface area contributed by atoms with Crippen molar-refractivity contribution in [2.75, 3.05) is 26.4 Å². The van der Waals surface area contributed by atoms with Gasteiger partial charge in [0.25, 0.3) is 0 Å². The molecule has 0 spiro atoms. The number of rotatable bonds is 3. The Kier molecular flexibility index (Phi) is 3.56. The highest BCUT2D eigenvalue weighted by Gasteiger charge is 2.45. The number of nitrogens with zero attached hydrogens (tertiary/aromatic N) is 1. The summed E-state index contributed by atoms with van der Waals surface area (Å²) in [5.74, 6) is 1.58. The molecule has 124 valence electrons. The van der Waals surface area contributed by atoms with Gasteiger partial charge in [0.1, 0.15) is 0 Å². The summed E-state index contributed by atoms with van der Waals surface area (Å²) in [5.41, 5.74) is 1.21. The number of β-amino-alcohol motifs (C(OH)–C–C–N with tert-alkyl or cyclic N) is 1. The van der Waals surface area contributed by atoms with Gasteiger partial charge in [0.05, 0.1) is 6.10 Å². The van der Waals surface area contributed by atoms with Crippen LogP contribution < -0.4 is 14.8 Å². The number of carbonyl (C=O) groups excluding carboxylic acids is 1. The monoisotopic (exact) mass is 318 g/mol. The first-order valence-electron chi connectivity index (χ1n) is 8.27. The molecule has 2 N–H and O–H groups in total. The Labute approximate surface area is 135 Å². The minimum atomic E-state index is -0.391. The number of amides is 2. The zero-order valence-corrected chi connectivity index (χ0v) is 13.1. The van der Waals surface area contributed by atoms with E-state index in [1.807, 2.05) is 12.1 Å². The highest BCUT2D eigenvalue weighted by molar-refractivity contribution is 5.74. The van der Waals surface area contributed by atoms with Gasteiger partial charge in [-0.3, -0.25) is 0 Å². The first-order chi connectivity index (χ1) is 11.2. The van der Waals surface area contributed by atoms with Crippen molar-refractivity contribution in [2.24, 2.45) is 0 Å². The smallest absolute Gasteiger partial charge is 0.317 e. The molecule has 6 nitrogen and oxygen atoms in total. The fourth-order valence-electron chi connectivity index (χ4n) is 3.44. The van der Waals surface area contributed by atoms with E-state index in [1.54, 1.807) is 4.90 Å². The maximum atomic E-state index is 12.3. The van der Waals surface area contributed by atoms with Crippen LogP contribution in [0.15, 0.2) is 18.2 Å². The standard InChI is InChI=1S/C17H22N2O4/c20-13-2-1-7-19(9-13)16(21)18-10-17(5-6-17)12-3-4-14-15(8-12)23-11-22-14/h3-4,8,13,20H,1-2,5-7,9-11H2,(H,18,21). The molecule has 3 aliphatic rings. The van der Waals surface area contributed by atoms with Gasteiger partial charge in [-0.25, -0.2) is 4.79 Å². The van der Waals surface area contributed by atoms with Crippen molar-refractivity contribution >= 4 is 6.03 Å². The zero-order valence-electron chi connectivity index (χ0n) is 13.1. The minimum Gasteiger partial charge on any atom is -0.454 e. The molecule has 2 amide bonds. The molecule has 2 aliphatic heterocycles. The third-order valence-electron chi connectivity index (χ3n) is 5.10. The van der Waals surface area contributed by atoms with Crippen molar-refractivity contribution in [1.82, 2.24) is 10.2 Å². The first-order valence-corrected chi connectivity index (χ1v) is 8.27. The molecule has 1 unspecified atom stereocenters. The summed E-state index contributed by atoms with van der Waals surface area (Å²) >= 11 is 0. The van der Waals surface area contributed by atoms with Crippen molar-refractivity contribution in [2.45, 2.75) is 37.2 Å². The van der Waals surface area contributed by atoms with Gasteiger partial charge in [-0.05, 0) is 43.4 Å². The predicted octanol–water partition coefficient (Wildman–Crippen LogP) is 1.61. The van der Waals surface area contributed by atoms with Crippen molar-refractivity contribution in [1.29, 1.82) is 0 Å². The lowest BCUT2D eigenvalue weighted by atomic mass is 9.95. The van der Waals surface area contributed by atoms with Crippen LogP contribution in [0.4, 0.5) is 4.79 Å². The molecule has 2 heterocycles. The topological polar surface area (TPSA) is 71.0 Å². The minimum absolute atomic E-state index is 0.0189. The second-order valence-electron chi connectivity index (χ2n) is 6.75. The number of aliphatic hydroxyl groups excluding tert-OH is 1. The number of fused-ring (bicyclic) bond motifs is 1. The molecule has 1 saturated carbocycles. The second-order valence-corrected chi connectivity index (χ2v) is 6.75. The number of piperidine rings is 1. The van der Waals surface area contributed by atoms with Gasteiger partial charge in [0.15, 0.2) is 11.5 Å². The number of likely N-dealkylation sites (tertiary alicyclic amines) is 1. The highest BCUT2D eigenvalue weighted by Crippen LogP contribution is 2.49. The number of urea groups is 1. The largest absolute Gasteiger partial charge is 0.454 e. The summed E-state index contributed by atoms with van der Waals surface area (Å²) in [7, 11) is 0. The lowest BCUT2D eigenvalue weighted by molar-refractivity contribution is 0.0841. The van der Waals surface area contributed by atoms with Gasteiger partial charge in [0.2, 0.25) is 6.79 Å². The Morgan fingerprint density at radius 1 is 1.35 bits per heavy atom. The first kappa shape index (κ1) is 14.6. The molecule has 1 aliphatic carbocycles. The van der Waals surface area contributed by atoms with Gasteiger partial charge in [-0.1, -0.05) is 6.07 Å². The van der Waals surface area contributed by atoms with Crippen molar-refractivity contribution in [3.05, 3.63) is 23.8 Å². The Balaban J connectivity index is 1.39. The average Bonchev–Trinajstić information content (AvgIpc) is 3.21. The third kappa shape index (κ3) is 2.83. The maximum Gasteiger partial charge on any atom is 0.317 e. The molecule has 0 radical (unpaired) electrons. The van der Waals surface area contributed by atoms with E-state index in [0.717, 1.165) is 43.7 Å². The quantitative estimate of drug-likeness (QED) is 0.888. The van der Waals surface area contributed by atoms with Crippen LogP contribution in [0.1, 0.15) is 31.2 Å². The summed E-state index contributed by atoms with van der Waals surface area (Å²) in [4.78, 5) is 14.0. The van der Waals surface area contributed by atoms with E-state index in [4.69, 9.17) is 9.47 Å². The van der Waals surface area contributed by atoms with Gasteiger partial charge in [0, 0.05) is 25.0 Å². The normalized spacial score (nSPS) is 24.4. The number of hydrogen-bond acceptors (Lipinski definition) is 4. The molecular formula is C17H22N2O4. The summed E-state index contributed by atoms with van der Waals surface area (Å²) in [5, 5.41) is 12.7. The van der Waals surface area contributed by atoms with Gasteiger partial charge in [-0.2, -0.15) is 0 Å². The predicted molar refractivity (Wildman–Crippen MR) is 83.7 cm³/mol. The summed E-state index contributed by atoms with van der Waals surface area (Å²) in [6, 6.07) is 5.97. The van der Waals surface area contributed by atoms with Crippen LogP contribution >= 0.6 is 0 Å². The third-order valence-corrected chi connectivity index (χ3v) is 5.10. The molecule has 1 atom stereocenters. The summed E-state index contributed by atoms with van der Waals surface area (Å²) < 4.78 is 10.8. The second kappa shape index (κ2) is 5.60. The fourth-order valence-corrected chi connectivity index (χ4v) is 3.44. The van der Waals surface area contributed by atoms with Crippen LogP contribution in [0.3, 0.4) is 0 Å². The molecular weight excluding hydrogens is 296 g/mol. The van der Waals surface area contributed by atoms with E-state index in [0.29, 0.717) is 13.1 Å². The van der Waals surface area contributed by atoms with Gasteiger partial charge >= 0.3 is 6.03 Å². The van der Waals surface area contributed by atoms with E-state index in [2.05, 4.69) is 11.4 Å². The molecule has 6 heteroatoms. The van der Waals surface area contributed by atoms with Crippen LogP contribution in [-0.2, 0) is 5.41 Å².